The Labute approximate surface area is 343 Å². The predicted molar refractivity (Wildman–Crippen MR) is 222 cm³/mol. The summed E-state index contributed by atoms with van der Waals surface area (Å²) in [4.78, 5) is 58.1. The summed E-state index contributed by atoms with van der Waals surface area (Å²) >= 11 is 3.58. The molecule has 11 nitrogen and oxygen atoms in total. The average Bonchev–Trinajstić information content (AvgIpc) is 3.42. The van der Waals surface area contributed by atoms with Gasteiger partial charge in [0.25, 0.3) is 5.56 Å². The third kappa shape index (κ3) is 6.58. The first-order chi connectivity index (χ1) is 27.8. The van der Waals surface area contributed by atoms with Gasteiger partial charge >= 0.3 is 0 Å². The van der Waals surface area contributed by atoms with Gasteiger partial charge in [0.15, 0.2) is 0 Å². The maximum absolute atomic E-state index is 15.2. The zero-order valence-corrected chi connectivity index (χ0v) is 34.5. The van der Waals surface area contributed by atoms with Crippen LogP contribution in [-0.4, -0.2) is 74.5 Å². The van der Waals surface area contributed by atoms with Gasteiger partial charge in [-0.15, -0.1) is 0 Å². The van der Waals surface area contributed by atoms with Crippen LogP contribution in [0.25, 0.3) is 16.6 Å². The molecule has 58 heavy (non-hydrogen) atoms. The predicted octanol–water partition coefficient (Wildman–Crippen LogP) is 6.86. The summed E-state index contributed by atoms with van der Waals surface area (Å²) in [6.45, 7) is 12.5. The minimum Gasteiger partial charge on any atom is -0.366 e. The lowest BCUT2D eigenvalue weighted by atomic mass is 9.85. The summed E-state index contributed by atoms with van der Waals surface area (Å²) in [7, 11) is 0. The largest absolute Gasteiger partial charge is 0.366 e. The van der Waals surface area contributed by atoms with Gasteiger partial charge in [-0.1, -0.05) is 12.1 Å². The van der Waals surface area contributed by atoms with Gasteiger partial charge in [0, 0.05) is 84.9 Å². The van der Waals surface area contributed by atoms with Gasteiger partial charge in [0.2, 0.25) is 17.8 Å². The fourth-order valence-electron chi connectivity index (χ4n) is 9.58. The lowest BCUT2D eigenvalue weighted by Crippen LogP contribution is -2.56. The third-order valence-electron chi connectivity index (χ3n) is 12.8. The van der Waals surface area contributed by atoms with Crippen molar-refractivity contribution in [2.24, 2.45) is 0 Å². The highest BCUT2D eigenvalue weighted by molar-refractivity contribution is 9.10. The Kier molecular flexibility index (Phi) is 9.70. The number of carbonyl (C=O) groups excluding carboxylic acids is 2. The first-order valence-electron chi connectivity index (χ1n) is 20.0. The van der Waals surface area contributed by atoms with E-state index in [0.717, 1.165) is 57.9 Å². The molecule has 0 bridgehead atoms. The van der Waals surface area contributed by atoms with Crippen LogP contribution in [0.15, 0.2) is 70.2 Å². The molecule has 0 spiro atoms. The first kappa shape index (κ1) is 38.4. The number of carbonyl (C=O) groups is 2. The Balaban J connectivity index is 0.841. The summed E-state index contributed by atoms with van der Waals surface area (Å²) in [5, 5.41) is 2.77. The van der Waals surface area contributed by atoms with Crippen LogP contribution in [0, 0.1) is 11.6 Å². The highest BCUT2D eigenvalue weighted by Crippen LogP contribution is 2.45. The topological polar surface area (TPSA) is 117 Å². The van der Waals surface area contributed by atoms with Crippen LogP contribution in [0.5, 0.6) is 0 Å². The van der Waals surface area contributed by atoms with Crippen molar-refractivity contribution in [3.8, 4) is 5.69 Å². The van der Waals surface area contributed by atoms with Gasteiger partial charge in [-0.25, -0.2) is 18.7 Å². The van der Waals surface area contributed by atoms with E-state index in [1.54, 1.807) is 0 Å². The smallest absolute Gasteiger partial charge is 0.281 e. The van der Waals surface area contributed by atoms with Crippen LogP contribution in [0.3, 0.4) is 0 Å². The molecular formula is C44H45BrF2N8O3. The van der Waals surface area contributed by atoms with Crippen molar-refractivity contribution >= 4 is 50.3 Å². The van der Waals surface area contributed by atoms with Crippen molar-refractivity contribution in [3.63, 3.8) is 0 Å². The fraction of sp³-hybridized carbons (Fsp3) is 0.409. The van der Waals surface area contributed by atoms with Crippen LogP contribution in [0.2, 0.25) is 0 Å². The maximum Gasteiger partial charge on any atom is 0.281 e. The van der Waals surface area contributed by atoms with Crippen molar-refractivity contribution in [2.75, 3.05) is 36.0 Å². The molecule has 9 rings (SSSR count). The van der Waals surface area contributed by atoms with Gasteiger partial charge in [-0.2, -0.15) is 4.98 Å². The molecule has 0 aliphatic carbocycles. The first-order valence-corrected chi connectivity index (χ1v) is 20.8. The Bertz CT molecular complexity index is 2510. The van der Waals surface area contributed by atoms with E-state index in [4.69, 9.17) is 9.97 Å². The standard InChI is InChI=1S/C44H45BrF2N8O3/c1-24-22-54(29-8-10-31-36(18-29)55-35-7-5-6-32(45)39(35)41(58)51-42(55)44(31,3)4)25(2)21-53(24)23-26-19-48-43(49-20-26)52-14-12-27(13-15-52)28-16-33(46)38(34(47)17-28)30-9-11-37(56)50-40(30)57/h5-8,10,16-20,24-25,27,30H,9,11-15,21-23H2,1-4H3,(H,50,56,57)/t24-,25-,30?/m1/s1. The molecule has 4 aliphatic rings. The molecule has 3 aromatic carbocycles. The lowest BCUT2D eigenvalue weighted by molar-refractivity contribution is -0.134. The van der Waals surface area contributed by atoms with Crippen molar-refractivity contribution in [2.45, 2.75) is 89.3 Å². The molecule has 6 heterocycles. The van der Waals surface area contributed by atoms with Crippen molar-refractivity contribution in [3.05, 3.63) is 115 Å². The van der Waals surface area contributed by atoms with E-state index in [9.17, 15) is 14.4 Å². The number of halogens is 3. The molecule has 2 aromatic heterocycles. The van der Waals surface area contributed by atoms with E-state index < -0.39 is 34.8 Å². The highest BCUT2D eigenvalue weighted by atomic mass is 79.9. The fourth-order valence-corrected chi connectivity index (χ4v) is 10.1. The third-order valence-corrected chi connectivity index (χ3v) is 13.4. The maximum atomic E-state index is 15.2. The number of piperazine rings is 1. The number of anilines is 2. The van der Waals surface area contributed by atoms with E-state index in [1.165, 1.54) is 12.1 Å². The molecule has 3 saturated heterocycles. The molecule has 5 aromatic rings. The molecule has 1 N–H and O–H groups in total. The Morgan fingerprint density at radius 2 is 1.64 bits per heavy atom. The number of hydrogen-bond acceptors (Lipinski definition) is 9. The molecule has 3 atom stereocenters. The Morgan fingerprint density at radius 1 is 0.914 bits per heavy atom. The van der Waals surface area contributed by atoms with Gasteiger partial charge in [0.05, 0.1) is 27.9 Å². The number of benzene rings is 3. The highest BCUT2D eigenvalue weighted by Gasteiger charge is 2.40. The zero-order valence-electron chi connectivity index (χ0n) is 32.9. The second-order valence-corrected chi connectivity index (χ2v) is 17.7. The number of amides is 2. The molecule has 300 valence electrons. The Morgan fingerprint density at radius 3 is 2.34 bits per heavy atom. The number of piperidine rings is 2. The zero-order chi connectivity index (χ0) is 40.6. The molecule has 14 heteroatoms. The van der Waals surface area contributed by atoms with Crippen molar-refractivity contribution in [1.29, 1.82) is 0 Å². The van der Waals surface area contributed by atoms with Gasteiger partial charge in [-0.05, 0) is 116 Å². The number of rotatable bonds is 6. The van der Waals surface area contributed by atoms with Gasteiger partial charge in [-0.3, -0.25) is 29.2 Å². The van der Waals surface area contributed by atoms with Crippen molar-refractivity contribution in [1.82, 2.24) is 29.7 Å². The van der Waals surface area contributed by atoms with E-state index in [-0.39, 0.29) is 42.0 Å². The molecule has 3 fully saturated rings. The quantitative estimate of drug-likeness (QED) is 0.183. The van der Waals surface area contributed by atoms with Crippen LogP contribution in [-0.2, 0) is 21.5 Å². The molecule has 0 radical (unpaired) electrons. The molecular weight excluding hydrogens is 806 g/mol. The second kappa shape index (κ2) is 14.6. The number of hydrogen-bond donors (Lipinski definition) is 1. The summed E-state index contributed by atoms with van der Waals surface area (Å²) in [5.74, 6) is -2.22. The van der Waals surface area contributed by atoms with Gasteiger partial charge < -0.3 is 9.80 Å². The minimum absolute atomic E-state index is 0.0398. The number of nitrogens with zero attached hydrogens (tertiary/aromatic N) is 7. The normalized spacial score (nSPS) is 22.3. The second-order valence-electron chi connectivity index (χ2n) is 16.9. The van der Waals surface area contributed by atoms with E-state index in [2.05, 4.69) is 91.4 Å². The van der Waals surface area contributed by atoms with Crippen LogP contribution < -0.4 is 20.7 Å². The number of imide groups is 1. The van der Waals surface area contributed by atoms with Crippen LogP contribution >= 0.6 is 15.9 Å². The molecule has 1 unspecified atom stereocenters. The Hall–Kier alpha value is -5.08. The molecule has 4 aliphatic heterocycles. The number of fused-ring (bicyclic) bond motifs is 5. The molecule has 0 saturated carbocycles. The number of nitrogens with one attached hydrogen (secondary N) is 1. The van der Waals surface area contributed by atoms with Gasteiger partial charge in [0.1, 0.15) is 17.5 Å². The van der Waals surface area contributed by atoms with Crippen LogP contribution in [0.1, 0.15) is 93.3 Å². The summed E-state index contributed by atoms with van der Waals surface area (Å²) in [6.07, 6.45) is 5.31. The minimum atomic E-state index is -1.01. The summed E-state index contributed by atoms with van der Waals surface area (Å²) in [5.41, 5.74) is 4.89. The molecule has 2 amide bonds. The van der Waals surface area contributed by atoms with E-state index >= 15 is 8.78 Å². The van der Waals surface area contributed by atoms with Crippen LogP contribution in [0.4, 0.5) is 20.4 Å². The van der Waals surface area contributed by atoms with E-state index in [0.29, 0.717) is 42.8 Å². The van der Waals surface area contributed by atoms with Crippen molar-refractivity contribution < 1.29 is 18.4 Å². The summed E-state index contributed by atoms with van der Waals surface area (Å²) < 4.78 is 33.4. The number of aromatic nitrogens is 4. The monoisotopic (exact) mass is 850 g/mol. The SMILES string of the molecule is C[C@@H]1CN(c2ccc3c(c2)-n2c(nc(=O)c4c(Br)cccc42)C3(C)C)[C@H](C)CN1Cc1cnc(N2CCC(c3cc(F)c(C4CCC(=O)NC4=O)c(F)c3)CC2)nc1. The summed E-state index contributed by atoms with van der Waals surface area (Å²) in [6, 6.07) is 15.7. The van der Waals surface area contributed by atoms with E-state index in [1.807, 2.05) is 30.6 Å². The average molecular weight is 852 g/mol. The lowest BCUT2D eigenvalue weighted by Gasteiger charge is -2.45.